The van der Waals surface area contributed by atoms with E-state index >= 15 is 0 Å². The van der Waals surface area contributed by atoms with E-state index in [-0.39, 0.29) is 25.1 Å². The van der Waals surface area contributed by atoms with Crippen LogP contribution in [0.1, 0.15) is 30.6 Å². The summed E-state index contributed by atoms with van der Waals surface area (Å²) in [7, 11) is 0. The molecule has 0 spiro atoms. The lowest BCUT2D eigenvalue weighted by atomic mass is 10.1. The minimum Gasteiger partial charge on any atom is -0.490 e. The van der Waals surface area contributed by atoms with E-state index in [1.54, 1.807) is 0 Å². The van der Waals surface area contributed by atoms with Crippen LogP contribution in [0, 0.1) is 0 Å². The molecule has 0 heterocycles. The summed E-state index contributed by atoms with van der Waals surface area (Å²) >= 11 is 0. The number of ether oxygens (including phenoxy) is 3. The van der Waals surface area contributed by atoms with Crippen LogP contribution in [0.5, 0.6) is 11.5 Å². The van der Waals surface area contributed by atoms with Gasteiger partial charge in [0.1, 0.15) is 0 Å². The van der Waals surface area contributed by atoms with Crippen molar-refractivity contribution in [2.24, 2.45) is 0 Å². The van der Waals surface area contributed by atoms with Crippen LogP contribution < -0.4 is 9.47 Å². The van der Waals surface area contributed by atoms with Crippen LogP contribution in [0.2, 0.25) is 0 Å². The molecule has 0 bridgehead atoms. The number of rotatable bonds is 7. The number of hydrogen-bond donors (Lipinski definition) is 0. The van der Waals surface area contributed by atoms with E-state index in [9.17, 15) is 4.79 Å². The summed E-state index contributed by atoms with van der Waals surface area (Å²) in [4.78, 5) is 12.5. The third-order valence-corrected chi connectivity index (χ3v) is 4.74. The second-order valence-corrected chi connectivity index (χ2v) is 6.52. The molecule has 0 saturated carbocycles. The predicted molar refractivity (Wildman–Crippen MR) is 108 cm³/mol. The molecule has 4 nitrogen and oxygen atoms in total. The van der Waals surface area contributed by atoms with Crippen molar-refractivity contribution >= 4 is 5.97 Å². The maximum Gasteiger partial charge on any atom is 0.310 e. The van der Waals surface area contributed by atoms with E-state index < -0.39 is 0 Å². The Kier molecular flexibility index (Phi) is 5.29. The van der Waals surface area contributed by atoms with Crippen LogP contribution in [0.3, 0.4) is 0 Å². The van der Waals surface area contributed by atoms with Crippen molar-refractivity contribution in [1.82, 2.24) is 0 Å². The largest absolute Gasteiger partial charge is 0.490 e. The number of carbonyl (C=O) groups is 1. The van der Waals surface area contributed by atoms with Crippen molar-refractivity contribution in [2.45, 2.75) is 19.4 Å². The Hall–Kier alpha value is -3.27. The Morgan fingerprint density at radius 1 is 0.786 bits per heavy atom. The molecule has 28 heavy (non-hydrogen) atoms. The summed E-state index contributed by atoms with van der Waals surface area (Å²) in [5.74, 6) is 1.02. The number of esters is 1. The van der Waals surface area contributed by atoms with E-state index in [4.69, 9.17) is 14.2 Å². The minimum absolute atomic E-state index is 0.168. The van der Waals surface area contributed by atoms with Crippen molar-refractivity contribution in [3.8, 4) is 22.6 Å². The van der Waals surface area contributed by atoms with Crippen LogP contribution >= 0.6 is 0 Å². The molecular formula is C24H22O4. The molecule has 4 rings (SSSR count). The van der Waals surface area contributed by atoms with Crippen LogP contribution in [-0.2, 0) is 9.53 Å². The summed E-state index contributed by atoms with van der Waals surface area (Å²) in [5, 5.41) is 0. The maximum absolute atomic E-state index is 12.5. The second-order valence-electron chi connectivity index (χ2n) is 6.52. The average Bonchev–Trinajstić information content (AvgIpc) is 3.04. The predicted octanol–water partition coefficient (Wildman–Crippen LogP) is 5.17. The quantitative estimate of drug-likeness (QED) is 0.535. The fourth-order valence-corrected chi connectivity index (χ4v) is 3.52. The normalized spacial score (nSPS) is 12.2. The Morgan fingerprint density at radius 3 is 1.93 bits per heavy atom. The number of para-hydroxylation sites is 2. The molecular weight excluding hydrogens is 352 g/mol. The van der Waals surface area contributed by atoms with Gasteiger partial charge in [-0.2, -0.15) is 0 Å². The first-order valence-corrected chi connectivity index (χ1v) is 9.50. The van der Waals surface area contributed by atoms with Crippen molar-refractivity contribution in [2.75, 3.05) is 13.2 Å². The Morgan fingerprint density at radius 2 is 1.32 bits per heavy atom. The Bertz CT molecular complexity index is 934. The SMILES string of the molecule is CCOc1ccccc1OCCC(=O)OC1c2ccccc2-c2ccccc21. The number of carbonyl (C=O) groups excluding carboxylic acids is 1. The minimum atomic E-state index is -0.365. The average molecular weight is 374 g/mol. The van der Waals surface area contributed by atoms with E-state index in [0.29, 0.717) is 18.1 Å². The zero-order valence-corrected chi connectivity index (χ0v) is 15.8. The van der Waals surface area contributed by atoms with Gasteiger partial charge in [0.25, 0.3) is 0 Å². The smallest absolute Gasteiger partial charge is 0.310 e. The molecule has 3 aromatic rings. The molecule has 0 atom stereocenters. The fourth-order valence-electron chi connectivity index (χ4n) is 3.52. The van der Waals surface area contributed by atoms with Gasteiger partial charge >= 0.3 is 5.97 Å². The highest BCUT2D eigenvalue weighted by molar-refractivity contribution is 5.80. The van der Waals surface area contributed by atoms with E-state index in [1.807, 2.05) is 67.6 Å². The topological polar surface area (TPSA) is 44.8 Å². The zero-order chi connectivity index (χ0) is 19.3. The molecule has 0 aliphatic heterocycles. The molecule has 1 aliphatic carbocycles. The number of fused-ring (bicyclic) bond motifs is 3. The lowest BCUT2D eigenvalue weighted by molar-refractivity contribution is -0.147. The number of benzene rings is 3. The lowest BCUT2D eigenvalue weighted by Gasteiger charge is -2.16. The summed E-state index contributed by atoms with van der Waals surface area (Å²) in [6.45, 7) is 2.72. The standard InChI is InChI=1S/C24H22O4/c1-2-26-21-13-7-8-14-22(21)27-16-15-23(25)28-24-19-11-5-3-9-17(19)18-10-4-6-12-20(18)24/h3-14,24H,2,15-16H2,1H3. The Labute approximate surface area is 164 Å². The first-order valence-electron chi connectivity index (χ1n) is 9.50. The highest BCUT2D eigenvalue weighted by Crippen LogP contribution is 2.45. The fraction of sp³-hybridized carbons (Fsp3) is 0.208. The van der Waals surface area contributed by atoms with Gasteiger partial charge in [0.15, 0.2) is 17.6 Å². The zero-order valence-electron chi connectivity index (χ0n) is 15.8. The van der Waals surface area contributed by atoms with Gasteiger partial charge < -0.3 is 14.2 Å². The monoisotopic (exact) mass is 374 g/mol. The van der Waals surface area contributed by atoms with Crippen molar-refractivity contribution in [1.29, 1.82) is 0 Å². The maximum atomic E-state index is 12.5. The van der Waals surface area contributed by atoms with Crippen molar-refractivity contribution in [3.05, 3.63) is 83.9 Å². The molecule has 0 aromatic heterocycles. The van der Waals surface area contributed by atoms with Crippen molar-refractivity contribution < 1.29 is 19.0 Å². The van der Waals surface area contributed by atoms with Crippen LogP contribution in [-0.4, -0.2) is 19.2 Å². The van der Waals surface area contributed by atoms with Gasteiger partial charge in [-0.1, -0.05) is 60.7 Å². The highest BCUT2D eigenvalue weighted by Gasteiger charge is 2.30. The van der Waals surface area contributed by atoms with Gasteiger partial charge in [0, 0.05) is 11.1 Å². The van der Waals surface area contributed by atoms with Gasteiger partial charge in [0.2, 0.25) is 0 Å². The molecule has 1 aliphatic rings. The first kappa shape index (κ1) is 18.1. The van der Waals surface area contributed by atoms with Gasteiger partial charge in [-0.25, -0.2) is 0 Å². The van der Waals surface area contributed by atoms with E-state index in [0.717, 1.165) is 22.3 Å². The Balaban J connectivity index is 1.41. The molecule has 0 radical (unpaired) electrons. The number of hydrogen-bond acceptors (Lipinski definition) is 4. The third-order valence-electron chi connectivity index (χ3n) is 4.74. The van der Waals surface area contributed by atoms with Gasteiger partial charge in [-0.05, 0) is 30.2 Å². The second kappa shape index (κ2) is 8.17. The molecule has 0 fully saturated rings. The molecule has 0 N–H and O–H groups in total. The molecule has 3 aromatic carbocycles. The summed E-state index contributed by atoms with van der Waals surface area (Å²) < 4.78 is 17.1. The van der Waals surface area contributed by atoms with E-state index in [2.05, 4.69) is 12.1 Å². The third kappa shape index (κ3) is 3.58. The molecule has 0 unspecified atom stereocenters. The van der Waals surface area contributed by atoms with Crippen LogP contribution in [0.4, 0.5) is 0 Å². The van der Waals surface area contributed by atoms with E-state index in [1.165, 1.54) is 0 Å². The van der Waals surface area contributed by atoms with Crippen LogP contribution in [0.15, 0.2) is 72.8 Å². The summed E-state index contributed by atoms with van der Waals surface area (Å²) in [6.07, 6.45) is -0.197. The summed E-state index contributed by atoms with van der Waals surface area (Å²) in [6, 6.07) is 23.6. The van der Waals surface area contributed by atoms with Crippen LogP contribution in [0.25, 0.3) is 11.1 Å². The lowest BCUT2D eigenvalue weighted by Crippen LogP contribution is -2.14. The summed E-state index contributed by atoms with van der Waals surface area (Å²) in [5.41, 5.74) is 4.30. The molecule has 142 valence electrons. The molecule has 4 heteroatoms. The first-order chi connectivity index (χ1) is 13.8. The van der Waals surface area contributed by atoms with Gasteiger partial charge in [0.05, 0.1) is 19.6 Å². The van der Waals surface area contributed by atoms with Gasteiger partial charge in [-0.3, -0.25) is 4.79 Å². The molecule has 0 amide bonds. The highest BCUT2D eigenvalue weighted by atomic mass is 16.5. The van der Waals surface area contributed by atoms with Gasteiger partial charge in [-0.15, -0.1) is 0 Å². The van der Waals surface area contributed by atoms with Crippen molar-refractivity contribution in [3.63, 3.8) is 0 Å². The molecule has 0 saturated heterocycles.